The number of rotatable bonds is 11. The minimum atomic E-state index is -3.87. The van der Waals surface area contributed by atoms with E-state index in [1.165, 1.54) is 47.5 Å². The molecule has 0 saturated carbocycles. The minimum Gasteiger partial charge on any atom is -0.496 e. The third-order valence-electron chi connectivity index (χ3n) is 10.9. The number of benzene rings is 2. The Bertz CT molecular complexity index is 2310. The summed E-state index contributed by atoms with van der Waals surface area (Å²) in [5.41, 5.74) is 0.558. The largest absolute Gasteiger partial charge is 0.496 e. The van der Waals surface area contributed by atoms with Crippen molar-refractivity contribution in [2.45, 2.75) is 78.1 Å². The van der Waals surface area contributed by atoms with E-state index >= 15 is 0 Å². The van der Waals surface area contributed by atoms with Gasteiger partial charge >= 0.3 is 24.0 Å². The number of β-lactam (4-membered cyclic amide) rings is 2. The smallest absolute Gasteiger partial charge is 0.341 e. The number of sulfonamides is 1. The van der Waals surface area contributed by atoms with Crippen LogP contribution in [0.15, 0.2) is 48.5 Å². The second-order valence-corrected chi connectivity index (χ2v) is 21.2. The van der Waals surface area contributed by atoms with Crippen molar-refractivity contribution in [3.63, 3.8) is 0 Å². The van der Waals surface area contributed by atoms with Crippen LogP contribution in [0.2, 0.25) is 0 Å². The van der Waals surface area contributed by atoms with Gasteiger partial charge in [-0.15, -0.1) is 23.5 Å². The van der Waals surface area contributed by atoms with Crippen molar-refractivity contribution in [3.05, 3.63) is 59.7 Å². The van der Waals surface area contributed by atoms with Gasteiger partial charge in [0.15, 0.2) is 0 Å². The lowest BCUT2D eigenvalue weighted by molar-refractivity contribution is -0.161. The molecule has 0 aliphatic carbocycles. The van der Waals surface area contributed by atoms with Crippen molar-refractivity contribution in [2.24, 2.45) is 0 Å². The van der Waals surface area contributed by atoms with E-state index in [9.17, 15) is 57.0 Å². The number of carbonyl (C=O) groups excluding carboxylic acids is 6. The number of nitrogens with one attached hydrogen (secondary N) is 3. The van der Waals surface area contributed by atoms with Gasteiger partial charge in [0.05, 0.1) is 33.6 Å². The van der Waals surface area contributed by atoms with E-state index in [0.29, 0.717) is 26.3 Å². The molecule has 334 valence electrons. The number of carbonyl (C=O) groups is 8. The van der Waals surface area contributed by atoms with Gasteiger partial charge in [-0.25, -0.2) is 36.8 Å². The number of hydrogen-bond acceptors (Lipinski definition) is 14. The zero-order chi connectivity index (χ0) is 45.8. The van der Waals surface area contributed by atoms with Crippen molar-refractivity contribution >= 4 is 81.2 Å². The van der Waals surface area contributed by atoms with Crippen LogP contribution in [0.4, 0.5) is 9.59 Å². The summed E-state index contributed by atoms with van der Waals surface area (Å²) in [6, 6.07) is 6.00. The highest BCUT2D eigenvalue weighted by atomic mass is 32.2. The number of carboxylic acid groups (broad SMARTS) is 2. The molecule has 24 heteroatoms. The first kappa shape index (κ1) is 45.8. The van der Waals surface area contributed by atoms with Gasteiger partial charge in [-0.1, -0.05) is 36.4 Å². The number of carboxylic acids is 2. The molecule has 8 amide bonds. The molecule has 5 N–H and O–H groups in total. The number of fused-ring (bicyclic) bond motifs is 2. The van der Waals surface area contributed by atoms with E-state index in [1.807, 2.05) is 0 Å². The Balaban J connectivity index is 0.000000218. The van der Waals surface area contributed by atoms with Crippen LogP contribution in [0.1, 0.15) is 49.7 Å². The molecule has 5 fully saturated rings. The molecule has 0 bridgehead atoms. The summed E-state index contributed by atoms with van der Waals surface area (Å²) in [5, 5.41) is 25.8. The number of ether oxygens (including phenoxy) is 2. The van der Waals surface area contributed by atoms with Gasteiger partial charge < -0.3 is 45.4 Å². The fourth-order valence-corrected chi connectivity index (χ4v) is 12.0. The predicted octanol–water partition coefficient (Wildman–Crippen LogP) is 0.715. The second kappa shape index (κ2) is 16.8. The molecule has 5 aliphatic rings. The molecule has 62 heavy (non-hydrogen) atoms. The molecule has 21 nitrogen and oxygen atoms in total. The van der Waals surface area contributed by atoms with Crippen LogP contribution in [0.5, 0.6) is 11.5 Å². The molecule has 7 atom stereocenters. The Morgan fingerprint density at radius 1 is 0.758 bits per heavy atom. The third-order valence-corrected chi connectivity index (χ3v) is 15.2. The van der Waals surface area contributed by atoms with E-state index in [-0.39, 0.29) is 18.7 Å². The molecule has 5 saturated heterocycles. The summed E-state index contributed by atoms with van der Waals surface area (Å²) < 4.78 is 33.1. The van der Waals surface area contributed by atoms with Gasteiger partial charge in [0.2, 0.25) is 27.7 Å². The number of nitrogens with zero attached hydrogens (tertiary/aromatic N) is 4. The van der Waals surface area contributed by atoms with Gasteiger partial charge in [0.25, 0.3) is 5.91 Å². The zero-order valence-corrected chi connectivity index (χ0v) is 36.8. The Morgan fingerprint density at radius 3 is 1.68 bits per heavy atom. The van der Waals surface area contributed by atoms with Gasteiger partial charge in [-0.05, 0) is 45.4 Å². The standard InChI is InChI=1S/C21H25N5O8S2.C17H20N2O6S/c1-21(2)14(18(29)30)26-16(28)13(17(26)35-21)22-15(27)12(11-7-5-4-6-8-11)23-19(31)24-9-10-25(20(24)32)36(3,33)34;1-17(2)12(16(22)23)19-14(21)11(15(19)26-17)18-13(20)10-8(24-3)6-5-7-9(10)25-4/h4-8,12-14,17H,9-10H2,1-3H3,(H,22,27)(H,23,31)(H,29,30);5-7,11-12,15H,1-4H3,(H,18,20)(H,22,23)/t12-,13-,14+,17-;11-,12+,15-/m11/s1. The van der Waals surface area contributed by atoms with Crippen LogP contribution in [-0.2, 0) is 34.0 Å². The topological polar surface area (TPSA) is 279 Å². The fraction of sp³-hybridized carbons (Fsp3) is 0.474. The molecular weight excluding hydrogens is 875 g/mol. The number of aliphatic carboxylic acids is 2. The normalized spacial score (nSPS) is 25.8. The van der Waals surface area contributed by atoms with E-state index in [1.54, 1.807) is 76.2 Å². The highest BCUT2D eigenvalue weighted by Crippen LogP contribution is 2.52. The molecular formula is C38H45N7O14S3. The molecule has 0 aromatic heterocycles. The van der Waals surface area contributed by atoms with Crippen molar-refractivity contribution in [1.82, 2.24) is 35.0 Å². The molecule has 0 spiro atoms. The summed E-state index contributed by atoms with van der Waals surface area (Å²) in [6.07, 6.45) is 0.850. The number of imide groups is 1. The summed E-state index contributed by atoms with van der Waals surface area (Å²) >= 11 is 2.63. The summed E-state index contributed by atoms with van der Waals surface area (Å²) in [4.78, 5) is 103. The van der Waals surface area contributed by atoms with Gasteiger partial charge in [-0.3, -0.25) is 19.2 Å². The van der Waals surface area contributed by atoms with Crippen molar-refractivity contribution < 1.29 is 66.5 Å². The van der Waals surface area contributed by atoms with Crippen LogP contribution in [0, 0.1) is 0 Å². The Morgan fingerprint density at radius 2 is 1.24 bits per heavy atom. The first-order valence-electron chi connectivity index (χ1n) is 18.9. The Labute approximate surface area is 364 Å². The van der Waals surface area contributed by atoms with Crippen LogP contribution < -0.4 is 25.4 Å². The van der Waals surface area contributed by atoms with Crippen molar-refractivity contribution in [2.75, 3.05) is 33.6 Å². The molecule has 5 aliphatic heterocycles. The highest BCUT2D eigenvalue weighted by molar-refractivity contribution is 8.02. The van der Waals surface area contributed by atoms with E-state index in [4.69, 9.17) is 9.47 Å². The average molecular weight is 920 g/mol. The minimum absolute atomic E-state index is 0.193. The SMILES string of the molecule is CC1(C)S[C@@H]2[C@H](NC(=O)[C@H](NC(=O)N3CCN(S(C)(=O)=O)C3=O)c3ccccc3)C(=O)N2[C@H]1C(=O)O.COc1cccc(OC)c1C(=O)N[C@@H]1C(=O)N2[C@@H]1SC(C)(C)[C@@H]2C(=O)O. The monoisotopic (exact) mass is 919 g/mol. The number of urea groups is 2. The lowest BCUT2D eigenvalue weighted by Gasteiger charge is -2.44. The van der Waals surface area contributed by atoms with E-state index < -0.39 is 108 Å². The first-order chi connectivity index (χ1) is 29.0. The number of amides is 8. The maximum atomic E-state index is 13.3. The second-order valence-electron chi connectivity index (χ2n) is 15.7. The Kier molecular flexibility index (Phi) is 12.4. The van der Waals surface area contributed by atoms with Crippen LogP contribution in [-0.4, -0.2) is 163 Å². The van der Waals surface area contributed by atoms with Crippen molar-refractivity contribution in [1.29, 1.82) is 0 Å². The van der Waals surface area contributed by atoms with Gasteiger partial charge in [0.1, 0.15) is 58.0 Å². The van der Waals surface area contributed by atoms with Crippen LogP contribution >= 0.6 is 23.5 Å². The molecule has 2 aromatic rings. The number of hydrogen-bond donors (Lipinski definition) is 5. The van der Waals surface area contributed by atoms with E-state index in [2.05, 4.69) is 16.0 Å². The summed E-state index contributed by atoms with van der Waals surface area (Å²) in [7, 11) is -0.987. The molecule has 0 radical (unpaired) electrons. The summed E-state index contributed by atoms with van der Waals surface area (Å²) in [6.45, 7) is 6.58. The lowest BCUT2D eigenvalue weighted by atomic mass is 9.95. The Hall–Kier alpha value is -5.75. The molecule has 0 unspecified atom stereocenters. The van der Waals surface area contributed by atoms with E-state index in [0.717, 1.165) is 6.26 Å². The number of methoxy groups -OCH3 is 2. The first-order valence-corrected chi connectivity index (χ1v) is 22.5. The van der Waals surface area contributed by atoms with Gasteiger partial charge in [0, 0.05) is 9.49 Å². The molecule has 7 rings (SSSR count). The van der Waals surface area contributed by atoms with Crippen LogP contribution in [0.25, 0.3) is 0 Å². The maximum absolute atomic E-state index is 13.3. The average Bonchev–Trinajstić information content (AvgIpc) is 3.82. The fourth-order valence-electron chi connectivity index (χ4n) is 7.98. The maximum Gasteiger partial charge on any atom is 0.341 e. The quantitative estimate of drug-likeness (QED) is 0.194. The van der Waals surface area contributed by atoms with Crippen LogP contribution in [0.3, 0.4) is 0 Å². The third kappa shape index (κ3) is 8.17. The zero-order valence-electron chi connectivity index (χ0n) is 34.4. The summed E-state index contributed by atoms with van der Waals surface area (Å²) in [5.74, 6) is -3.72. The molecule has 5 heterocycles. The number of thioether (sulfide) groups is 2. The van der Waals surface area contributed by atoms with Crippen molar-refractivity contribution in [3.8, 4) is 11.5 Å². The molecule has 2 aromatic carbocycles. The highest BCUT2D eigenvalue weighted by Gasteiger charge is 2.65. The predicted molar refractivity (Wildman–Crippen MR) is 222 cm³/mol. The van der Waals surface area contributed by atoms with Gasteiger partial charge in [-0.2, -0.15) is 0 Å². The lowest BCUT2D eigenvalue weighted by Crippen LogP contribution is -2.71.